The molecule has 0 unspecified atom stereocenters. The first kappa shape index (κ1) is 18.9. The highest BCUT2D eigenvalue weighted by Crippen LogP contribution is 2.29. The lowest BCUT2D eigenvalue weighted by molar-refractivity contribution is 0.0596. The van der Waals surface area contributed by atoms with Gasteiger partial charge in [0.2, 0.25) is 0 Å². The number of carbonyl (C=O) groups is 2. The Balaban J connectivity index is 2.64. The van der Waals surface area contributed by atoms with Crippen LogP contribution in [-0.2, 0) is 14.8 Å². The van der Waals surface area contributed by atoms with Crippen molar-refractivity contribution in [2.75, 3.05) is 18.5 Å². The quantitative estimate of drug-likeness (QED) is 0.736. The molecule has 0 heterocycles. The number of methoxy groups -OCH3 is 1. The van der Waals surface area contributed by atoms with E-state index >= 15 is 0 Å². The molecule has 0 saturated carbocycles. The van der Waals surface area contributed by atoms with Crippen LogP contribution in [0.15, 0.2) is 51.8 Å². The van der Waals surface area contributed by atoms with Crippen LogP contribution in [-0.4, -0.2) is 34.5 Å². The van der Waals surface area contributed by atoms with Gasteiger partial charge in [-0.05, 0) is 30.3 Å². The number of carbonyl (C=O) groups excluding carboxylic acids is 2. The zero-order valence-electron chi connectivity index (χ0n) is 13.4. The number of sulfonamides is 1. The van der Waals surface area contributed by atoms with E-state index in [9.17, 15) is 18.0 Å². The molecular weight excluding hydrogens is 412 g/mol. The Labute approximate surface area is 153 Å². The summed E-state index contributed by atoms with van der Waals surface area (Å²) in [5, 5.41) is 0. The van der Waals surface area contributed by atoms with Crippen molar-refractivity contribution in [3.8, 4) is 0 Å². The van der Waals surface area contributed by atoms with Gasteiger partial charge in [0.1, 0.15) is 4.90 Å². The lowest BCUT2D eigenvalue weighted by atomic mass is 10.2. The van der Waals surface area contributed by atoms with Crippen LogP contribution in [0.5, 0.6) is 0 Å². The molecule has 0 atom stereocenters. The summed E-state index contributed by atoms with van der Waals surface area (Å²) >= 11 is 3.20. The normalized spacial score (nSPS) is 11.0. The van der Waals surface area contributed by atoms with E-state index in [1.54, 1.807) is 12.1 Å². The van der Waals surface area contributed by atoms with Crippen LogP contribution in [0.1, 0.15) is 20.7 Å². The molecular formula is C16H15BrN2O5S. The first-order valence-corrected chi connectivity index (χ1v) is 9.19. The van der Waals surface area contributed by atoms with E-state index in [2.05, 4.69) is 20.7 Å². The van der Waals surface area contributed by atoms with Crippen LogP contribution >= 0.6 is 15.9 Å². The summed E-state index contributed by atoms with van der Waals surface area (Å²) in [6.07, 6.45) is 0. The van der Waals surface area contributed by atoms with Gasteiger partial charge in [0.15, 0.2) is 0 Å². The maximum Gasteiger partial charge on any atom is 0.339 e. The summed E-state index contributed by atoms with van der Waals surface area (Å²) in [7, 11) is -1.71. The number of hydrogen-bond donors (Lipinski definition) is 1. The standard InChI is InChI=1S/C16H15BrN2O5S/c1-19(13-6-4-3-5-11(13)15(18)20)25(22,23)14-8-7-10(17)9-12(14)16(21)24-2/h3-9H,1-2H3,(H2,18,20). The van der Waals surface area contributed by atoms with Crippen molar-refractivity contribution in [2.24, 2.45) is 5.73 Å². The average molecular weight is 427 g/mol. The molecule has 2 aromatic rings. The molecule has 0 aliphatic heterocycles. The number of amides is 1. The molecule has 2 rings (SSSR count). The highest BCUT2D eigenvalue weighted by Gasteiger charge is 2.29. The van der Waals surface area contributed by atoms with Crippen molar-refractivity contribution in [2.45, 2.75) is 4.90 Å². The molecule has 1 amide bonds. The monoisotopic (exact) mass is 426 g/mol. The van der Waals surface area contributed by atoms with Gasteiger partial charge >= 0.3 is 5.97 Å². The molecule has 0 aliphatic rings. The third-order valence-electron chi connectivity index (χ3n) is 3.49. The van der Waals surface area contributed by atoms with Gasteiger partial charge in [0, 0.05) is 11.5 Å². The number of halogens is 1. The minimum absolute atomic E-state index is 0.0466. The van der Waals surface area contributed by atoms with Crippen molar-refractivity contribution < 1.29 is 22.7 Å². The minimum atomic E-state index is -4.15. The van der Waals surface area contributed by atoms with Gasteiger partial charge in [-0.15, -0.1) is 0 Å². The zero-order valence-corrected chi connectivity index (χ0v) is 15.8. The van der Waals surface area contributed by atoms with E-state index in [0.29, 0.717) is 4.47 Å². The second kappa shape index (κ2) is 7.24. The largest absolute Gasteiger partial charge is 0.465 e. The maximum absolute atomic E-state index is 13.0. The maximum atomic E-state index is 13.0. The van der Waals surface area contributed by atoms with Crippen LogP contribution in [0.4, 0.5) is 5.69 Å². The summed E-state index contributed by atoms with van der Waals surface area (Å²) < 4.78 is 32.1. The fourth-order valence-electron chi connectivity index (χ4n) is 2.23. The summed E-state index contributed by atoms with van der Waals surface area (Å²) in [5.74, 6) is -1.56. The van der Waals surface area contributed by atoms with Crippen LogP contribution < -0.4 is 10.0 Å². The fraction of sp³-hybridized carbons (Fsp3) is 0.125. The second-order valence-electron chi connectivity index (χ2n) is 4.99. The van der Waals surface area contributed by atoms with E-state index in [4.69, 9.17) is 5.73 Å². The number of esters is 1. The molecule has 9 heteroatoms. The summed E-state index contributed by atoms with van der Waals surface area (Å²) in [4.78, 5) is 23.3. The van der Waals surface area contributed by atoms with E-state index in [1.807, 2.05) is 0 Å². The lowest BCUT2D eigenvalue weighted by Crippen LogP contribution is -2.30. The van der Waals surface area contributed by atoms with Crippen molar-refractivity contribution >= 4 is 43.5 Å². The van der Waals surface area contributed by atoms with Gasteiger partial charge in [0.05, 0.1) is 23.9 Å². The molecule has 0 saturated heterocycles. The molecule has 25 heavy (non-hydrogen) atoms. The topological polar surface area (TPSA) is 107 Å². The smallest absolute Gasteiger partial charge is 0.339 e. The zero-order chi connectivity index (χ0) is 18.8. The number of para-hydroxylation sites is 1. The predicted octanol–water partition coefficient (Wildman–Crippen LogP) is 2.16. The van der Waals surface area contributed by atoms with Gasteiger partial charge in [-0.25, -0.2) is 13.2 Å². The van der Waals surface area contributed by atoms with Gasteiger partial charge in [0.25, 0.3) is 15.9 Å². The Hall–Kier alpha value is -2.39. The average Bonchev–Trinajstić information content (AvgIpc) is 2.59. The molecule has 0 aromatic heterocycles. The Morgan fingerprint density at radius 1 is 1.12 bits per heavy atom. The van der Waals surface area contributed by atoms with E-state index in [-0.39, 0.29) is 21.7 Å². The van der Waals surface area contributed by atoms with Gasteiger partial charge < -0.3 is 10.5 Å². The molecule has 0 spiro atoms. The number of benzene rings is 2. The Kier molecular flexibility index (Phi) is 5.48. The first-order valence-electron chi connectivity index (χ1n) is 6.95. The van der Waals surface area contributed by atoms with E-state index in [1.165, 1.54) is 37.4 Å². The Bertz CT molecular complexity index is 943. The molecule has 0 bridgehead atoms. The second-order valence-corrected chi connectivity index (χ2v) is 7.84. The third-order valence-corrected chi connectivity index (χ3v) is 5.82. The van der Waals surface area contributed by atoms with Crippen molar-refractivity contribution in [1.29, 1.82) is 0 Å². The van der Waals surface area contributed by atoms with E-state index in [0.717, 1.165) is 11.4 Å². The Morgan fingerprint density at radius 3 is 2.36 bits per heavy atom. The first-order chi connectivity index (χ1) is 11.7. The SMILES string of the molecule is COC(=O)c1cc(Br)ccc1S(=O)(=O)N(C)c1ccccc1C(N)=O. The number of rotatable bonds is 5. The van der Waals surface area contributed by atoms with Crippen LogP contribution in [0.2, 0.25) is 0 Å². The van der Waals surface area contributed by atoms with E-state index < -0.39 is 21.9 Å². The summed E-state index contributed by atoms with van der Waals surface area (Å²) in [6, 6.07) is 10.2. The summed E-state index contributed by atoms with van der Waals surface area (Å²) in [6.45, 7) is 0. The Morgan fingerprint density at radius 2 is 1.76 bits per heavy atom. The van der Waals surface area contributed by atoms with Gasteiger partial charge in [-0.3, -0.25) is 9.10 Å². The highest BCUT2D eigenvalue weighted by atomic mass is 79.9. The number of ether oxygens (including phenoxy) is 1. The molecule has 0 fully saturated rings. The fourth-order valence-corrected chi connectivity index (χ4v) is 3.96. The highest BCUT2D eigenvalue weighted by molar-refractivity contribution is 9.10. The summed E-state index contributed by atoms with van der Waals surface area (Å²) in [5.41, 5.74) is 5.34. The van der Waals surface area contributed by atoms with Crippen molar-refractivity contribution in [1.82, 2.24) is 0 Å². The third kappa shape index (κ3) is 3.67. The number of anilines is 1. The number of nitrogens with two attached hydrogens (primary N) is 1. The number of primary amides is 1. The van der Waals surface area contributed by atoms with Crippen LogP contribution in [0, 0.1) is 0 Å². The van der Waals surface area contributed by atoms with Crippen molar-refractivity contribution in [3.63, 3.8) is 0 Å². The lowest BCUT2D eigenvalue weighted by Gasteiger charge is -2.22. The number of hydrogen-bond acceptors (Lipinski definition) is 5. The van der Waals surface area contributed by atoms with Gasteiger partial charge in [-0.2, -0.15) is 0 Å². The molecule has 0 aliphatic carbocycles. The molecule has 2 aromatic carbocycles. The molecule has 0 radical (unpaired) electrons. The molecule has 132 valence electrons. The van der Waals surface area contributed by atoms with Crippen LogP contribution in [0.25, 0.3) is 0 Å². The molecule has 2 N–H and O–H groups in total. The predicted molar refractivity (Wildman–Crippen MR) is 96.0 cm³/mol. The van der Waals surface area contributed by atoms with Crippen LogP contribution in [0.3, 0.4) is 0 Å². The van der Waals surface area contributed by atoms with Gasteiger partial charge in [-0.1, -0.05) is 28.1 Å². The minimum Gasteiger partial charge on any atom is -0.465 e. The van der Waals surface area contributed by atoms with Crippen molar-refractivity contribution in [3.05, 3.63) is 58.1 Å². The molecule has 7 nitrogen and oxygen atoms in total. The number of nitrogens with zero attached hydrogens (tertiary/aromatic N) is 1.